The first-order valence-electron chi connectivity index (χ1n) is 7.23. The van der Waals surface area contributed by atoms with Crippen molar-refractivity contribution in [3.05, 3.63) is 69.9 Å². The number of aliphatic carboxylic acids is 2. The Balaban J connectivity index is 0.000000307. The molecule has 6 heteroatoms. The molecule has 0 saturated carbocycles. The minimum atomic E-state index is -1.26. The zero-order chi connectivity index (χ0) is 18.2. The molecule has 5 nitrogen and oxygen atoms in total. The van der Waals surface area contributed by atoms with Gasteiger partial charge in [-0.2, -0.15) is 0 Å². The van der Waals surface area contributed by atoms with E-state index in [2.05, 4.69) is 49.6 Å². The van der Waals surface area contributed by atoms with Crippen LogP contribution in [0.3, 0.4) is 0 Å². The molecule has 0 radical (unpaired) electrons. The van der Waals surface area contributed by atoms with E-state index in [0.717, 1.165) is 6.42 Å². The summed E-state index contributed by atoms with van der Waals surface area (Å²) in [5, 5.41) is 17.7. The zero-order valence-corrected chi connectivity index (χ0v) is 14.4. The van der Waals surface area contributed by atoms with Crippen molar-refractivity contribution >= 4 is 23.3 Å². The van der Waals surface area contributed by atoms with Crippen LogP contribution < -0.4 is 5.73 Å². The Hall–Kier alpha value is -2.44. The molecular formula is C18H21NO4S. The highest BCUT2D eigenvalue weighted by atomic mass is 32.1. The lowest BCUT2D eigenvalue weighted by Crippen LogP contribution is -2.35. The van der Waals surface area contributed by atoms with Gasteiger partial charge in [0.2, 0.25) is 0 Å². The largest absolute Gasteiger partial charge is 0.478 e. The lowest BCUT2D eigenvalue weighted by molar-refractivity contribution is -0.134. The third kappa shape index (κ3) is 6.76. The van der Waals surface area contributed by atoms with E-state index in [9.17, 15) is 9.59 Å². The summed E-state index contributed by atoms with van der Waals surface area (Å²) in [5.41, 5.74) is 8.75. The average Bonchev–Trinajstić information content (AvgIpc) is 2.93. The van der Waals surface area contributed by atoms with Crippen molar-refractivity contribution in [3.63, 3.8) is 0 Å². The van der Waals surface area contributed by atoms with Crippen LogP contribution in [0.2, 0.25) is 0 Å². The first-order chi connectivity index (χ1) is 11.2. The number of rotatable bonds is 5. The molecule has 0 aliphatic rings. The predicted octanol–water partition coefficient (Wildman–Crippen LogP) is 3.18. The van der Waals surface area contributed by atoms with Crippen LogP contribution in [-0.2, 0) is 21.5 Å². The Morgan fingerprint density at radius 2 is 1.67 bits per heavy atom. The van der Waals surface area contributed by atoms with Crippen LogP contribution >= 0.6 is 11.3 Å². The second kappa shape index (κ2) is 9.00. The molecule has 0 amide bonds. The van der Waals surface area contributed by atoms with Gasteiger partial charge in [0.15, 0.2) is 0 Å². The number of hydrogen-bond donors (Lipinski definition) is 3. The van der Waals surface area contributed by atoms with Crippen LogP contribution in [0.1, 0.15) is 22.9 Å². The quantitative estimate of drug-likeness (QED) is 0.721. The SMILES string of the molecule is Cc1ccsc1C(C)(N)Cc1ccccc1.O=C(O)/C=C\C(=O)O. The van der Waals surface area contributed by atoms with E-state index in [4.69, 9.17) is 15.9 Å². The maximum atomic E-state index is 9.55. The average molecular weight is 347 g/mol. The van der Waals surface area contributed by atoms with E-state index in [0.29, 0.717) is 12.2 Å². The molecule has 0 fully saturated rings. The van der Waals surface area contributed by atoms with Crippen molar-refractivity contribution in [2.45, 2.75) is 25.8 Å². The molecule has 2 rings (SSSR count). The third-order valence-electron chi connectivity index (χ3n) is 3.16. The van der Waals surface area contributed by atoms with E-state index < -0.39 is 11.9 Å². The standard InChI is InChI=1S/C14H17NS.C4H4O4/c1-11-8-9-16-13(11)14(2,15)10-12-6-4-3-5-7-12;5-3(6)1-2-4(7)8/h3-9H,10,15H2,1-2H3;1-2H,(H,5,6)(H,7,8)/b;2-1-. The molecule has 1 aromatic heterocycles. The molecule has 0 saturated heterocycles. The van der Waals surface area contributed by atoms with Gasteiger partial charge in [-0.15, -0.1) is 11.3 Å². The summed E-state index contributed by atoms with van der Waals surface area (Å²) >= 11 is 1.75. The van der Waals surface area contributed by atoms with Gasteiger partial charge >= 0.3 is 11.9 Å². The number of carbonyl (C=O) groups is 2. The highest BCUT2D eigenvalue weighted by Crippen LogP contribution is 2.29. The monoisotopic (exact) mass is 347 g/mol. The summed E-state index contributed by atoms with van der Waals surface area (Å²) in [5.74, 6) is -2.51. The predicted molar refractivity (Wildman–Crippen MR) is 95.2 cm³/mol. The van der Waals surface area contributed by atoms with Crippen LogP contribution in [0.25, 0.3) is 0 Å². The Bertz CT molecular complexity index is 689. The van der Waals surface area contributed by atoms with Gasteiger partial charge in [-0.1, -0.05) is 30.3 Å². The summed E-state index contributed by atoms with van der Waals surface area (Å²) < 4.78 is 0. The summed E-state index contributed by atoms with van der Waals surface area (Å²) in [7, 11) is 0. The van der Waals surface area contributed by atoms with E-state index >= 15 is 0 Å². The van der Waals surface area contributed by atoms with Crippen molar-refractivity contribution in [2.75, 3.05) is 0 Å². The highest BCUT2D eigenvalue weighted by Gasteiger charge is 2.24. The van der Waals surface area contributed by atoms with Gasteiger partial charge in [0, 0.05) is 17.0 Å². The lowest BCUT2D eigenvalue weighted by Gasteiger charge is -2.24. The van der Waals surface area contributed by atoms with E-state index in [-0.39, 0.29) is 5.54 Å². The number of nitrogens with two attached hydrogens (primary N) is 1. The van der Waals surface area contributed by atoms with E-state index in [1.807, 2.05) is 6.07 Å². The van der Waals surface area contributed by atoms with Gasteiger partial charge in [-0.25, -0.2) is 9.59 Å². The van der Waals surface area contributed by atoms with Gasteiger partial charge in [-0.05, 0) is 42.8 Å². The topological polar surface area (TPSA) is 101 Å². The molecule has 128 valence electrons. The van der Waals surface area contributed by atoms with Crippen LogP contribution in [0.15, 0.2) is 53.9 Å². The summed E-state index contributed by atoms with van der Waals surface area (Å²) in [6, 6.07) is 12.6. The lowest BCUT2D eigenvalue weighted by atomic mass is 9.90. The maximum Gasteiger partial charge on any atom is 0.328 e. The second-order valence-electron chi connectivity index (χ2n) is 5.52. The fraction of sp³-hybridized carbons (Fsp3) is 0.222. The number of carboxylic acid groups (broad SMARTS) is 2. The highest BCUT2D eigenvalue weighted by molar-refractivity contribution is 7.10. The zero-order valence-electron chi connectivity index (χ0n) is 13.6. The molecule has 1 aromatic carbocycles. The van der Waals surface area contributed by atoms with Crippen molar-refractivity contribution in [1.82, 2.24) is 0 Å². The summed E-state index contributed by atoms with van der Waals surface area (Å²) in [6.07, 6.45) is 2.00. The first-order valence-corrected chi connectivity index (χ1v) is 8.11. The maximum absolute atomic E-state index is 9.55. The molecule has 0 spiro atoms. The number of thiophene rings is 1. The Morgan fingerprint density at radius 1 is 1.12 bits per heavy atom. The fourth-order valence-corrected chi connectivity index (χ4v) is 3.20. The molecule has 0 bridgehead atoms. The van der Waals surface area contributed by atoms with Crippen molar-refractivity contribution in [1.29, 1.82) is 0 Å². The van der Waals surface area contributed by atoms with Crippen LogP contribution in [0.5, 0.6) is 0 Å². The Morgan fingerprint density at radius 3 is 2.08 bits per heavy atom. The molecule has 1 atom stereocenters. The molecule has 1 heterocycles. The molecule has 0 aliphatic heterocycles. The van der Waals surface area contributed by atoms with Crippen molar-refractivity contribution < 1.29 is 19.8 Å². The minimum absolute atomic E-state index is 0.264. The second-order valence-corrected chi connectivity index (χ2v) is 6.44. The number of carboxylic acids is 2. The number of benzene rings is 1. The smallest absolute Gasteiger partial charge is 0.328 e. The molecule has 4 N–H and O–H groups in total. The van der Waals surface area contributed by atoms with Gasteiger partial charge in [0.25, 0.3) is 0 Å². The Kier molecular flexibility index (Phi) is 7.35. The van der Waals surface area contributed by atoms with Crippen LogP contribution in [-0.4, -0.2) is 22.2 Å². The van der Waals surface area contributed by atoms with Gasteiger partial charge < -0.3 is 15.9 Å². The van der Waals surface area contributed by atoms with Crippen LogP contribution in [0, 0.1) is 6.92 Å². The van der Waals surface area contributed by atoms with Gasteiger partial charge in [0.1, 0.15) is 0 Å². The fourth-order valence-electron chi connectivity index (χ4n) is 2.20. The molecule has 24 heavy (non-hydrogen) atoms. The van der Waals surface area contributed by atoms with E-state index in [1.54, 1.807) is 11.3 Å². The summed E-state index contributed by atoms with van der Waals surface area (Å²) in [4.78, 5) is 20.4. The van der Waals surface area contributed by atoms with Crippen molar-refractivity contribution in [2.24, 2.45) is 5.73 Å². The Labute approximate surface area is 145 Å². The third-order valence-corrected chi connectivity index (χ3v) is 4.46. The molecule has 0 aliphatic carbocycles. The number of aryl methyl sites for hydroxylation is 1. The van der Waals surface area contributed by atoms with Crippen LogP contribution in [0.4, 0.5) is 0 Å². The first kappa shape index (κ1) is 19.6. The van der Waals surface area contributed by atoms with Crippen molar-refractivity contribution in [3.8, 4) is 0 Å². The van der Waals surface area contributed by atoms with Gasteiger partial charge in [0.05, 0.1) is 5.54 Å². The molecule has 1 unspecified atom stereocenters. The summed E-state index contributed by atoms with van der Waals surface area (Å²) in [6.45, 7) is 4.24. The number of hydrogen-bond acceptors (Lipinski definition) is 4. The van der Waals surface area contributed by atoms with E-state index in [1.165, 1.54) is 16.0 Å². The minimum Gasteiger partial charge on any atom is -0.478 e. The molecule has 2 aromatic rings. The van der Waals surface area contributed by atoms with Gasteiger partial charge in [-0.3, -0.25) is 0 Å². The normalized spacial score (nSPS) is 13.0. The molecular weight excluding hydrogens is 326 g/mol.